The van der Waals surface area contributed by atoms with Gasteiger partial charge < -0.3 is 20.3 Å². The molecular formula is C27H31Cl2NO4. The highest BCUT2D eigenvalue weighted by molar-refractivity contribution is 6.30. The number of benzene rings is 3. The van der Waals surface area contributed by atoms with Crippen molar-refractivity contribution in [1.29, 1.82) is 0 Å². The van der Waals surface area contributed by atoms with Crippen LogP contribution in [-0.2, 0) is 6.42 Å². The Balaban J connectivity index is 0.00000408. The Morgan fingerprint density at radius 1 is 1.00 bits per heavy atom. The molecule has 0 radical (unpaired) electrons. The Labute approximate surface area is 212 Å². The number of aliphatic hydroxyl groups is 1. The zero-order valence-electron chi connectivity index (χ0n) is 19.5. The first kappa shape index (κ1) is 27.7. The first-order chi connectivity index (χ1) is 15.7. The van der Waals surface area contributed by atoms with Crippen molar-refractivity contribution in [3.05, 3.63) is 88.4 Å². The van der Waals surface area contributed by atoms with E-state index in [0.717, 1.165) is 28.7 Å². The molecule has 3 aromatic rings. The summed E-state index contributed by atoms with van der Waals surface area (Å²) in [5.74, 6) is -0.635. The summed E-state index contributed by atoms with van der Waals surface area (Å²) in [6.07, 6.45) is 0.0685. The minimum Gasteiger partial charge on any atom is -0.490 e. The van der Waals surface area contributed by atoms with Gasteiger partial charge in [-0.3, -0.25) is 0 Å². The lowest BCUT2D eigenvalue weighted by Gasteiger charge is -2.18. The van der Waals surface area contributed by atoms with Gasteiger partial charge in [-0.05, 0) is 73.7 Å². The lowest BCUT2D eigenvalue weighted by Crippen LogP contribution is -2.32. The quantitative estimate of drug-likeness (QED) is 0.308. The molecule has 0 spiro atoms. The maximum absolute atomic E-state index is 11.5. The average Bonchev–Trinajstić information content (AvgIpc) is 2.77. The predicted octanol–water partition coefficient (Wildman–Crippen LogP) is 6.17. The number of nitrogens with one attached hydrogen (secondary N) is 1. The van der Waals surface area contributed by atoms with Crippen molar-refractivity contribution < 1.29 is 19.7 Å². The van der Waals surface area contributed by atoms with E-state index in [2.05, 4.69) is 24.4 Å². The Morgan fingerprint density at radius 3 is 2.29 bits per heavy atom. The number of halogens is 2. The van der Waals surface area contributed by atoms with Crippen LogP contribution in [0.5, 0.6) is 5.75 Å². The Morgan fingerprint density at radius 2 is 1.68 bits per heavy atom. The molecule has 182 valence electrons. The van der Waals surface area contributed by atoms with E-state index in [1.165, 1.54) is 0 Å². The number of aromatic carboxylic acids is 1. The van der Waals surface area contributed by atoms with Gasteiger partial charge in [0.1, 0.15) is 11.3 Å². The number of carboxylic acid groups (broad SMARTS) is 1. The van der Waals surface area contributed by atoms with E-state index in [4.69, 9.17) is 16.3 Å². The fraction of sp³-hybridized carbons (Fsp3) is 0.296. The number of aliphatic hydroxyl groups excluding tert-OH is 1. The van der Waals surface area contributed by atoms with Crippen molar-refractivity contribution in [2.75, 3.05) is 6.54 Å². The van der Waals surface area contributed by atoms with Crippen LogP contribution in [0.2, 0.25) is 5.02 Å². The molecule has 3 rings (SSSR count). The third-order valence-electron chi connectivity index (χ3n) is 5.30. The van der Waals surface area contributed by atoms with Crippen molar-refractivity contribution >= 4 is 30.0 Å². The fourth-order valence-electron chi connectivity index (χ4n) is 3.63. The smallest absolute Gasteiger partial charge is 0.339 e. The van der Waals surface area contributed by atoms with Gasteiger partial charge >= 0.3 is 5.97 Å². The number of hydrogen-bond acceptors (Lipinski definition) is 4. The number of ether oxygens (including phenoxy) is 1. The molecule has 0 aliphatic rings. The highest BCUT2D eigenvalue weighted by atomic mass is 35.5. The molecule has 0 unspecified atom stereocenters. The van der Waals surface area contributed by atoms with Crippen LogP contribution >= 0.6 is 24.0 Å². The molecule has 0 fully saturated rings. The molecule has 34 heavy (non-hydrogen) atoms. The van der Waals surface area contributed by atoms with Crippen LogP contribution in [0.4, 0.5) is 0 Å². The Bertz CT molecular complexity index is 1090. The van der Waals surface area contributed by atoms with Crippen molar-refractivity contribution in [2.24, 2.45) is 0 Å². The second-order valence-electron chi connectivity index (χ2n) is 8.46. The van der Waals surface area contributed by atoms with E-state index in [9.17, 15) is 15.0 Å². The monoisotopic (exact) mass is 503 g/mol. The van der Waals surface area contributed by atoms with Gasteiger partial charge in [-0.25, -0.2) is 4.79 Å². The highest BCUT2D eigenvalue weighted by Gasteiger charge is 2.14. The summed E-state index contributed by atoms with van der Waals surface area (Å²) in [5.41, 5.74) is 4.00. The molecule has 0 heterocycles. The molecule has 0 aliphatic carbocycles. The minimum absolute atomic E-state index is 0. The van der Waals surface area contributed by atoms with Gasteiger partial charge in [-0.15, -0.1) is 12.4 Å². The fourth-order valence-corrected chi connectivity index (χ4v) is 3.83. The van der Waals surface area contributed by atoms with Crippen LogP contribution in [0.3, 0.4) is 0 Å². The van der Waals surface area contributed by atoms with Crippen LogP contribution in [0, 0.1) is 0 Å². The van der Waals surface area contributed by atoms with Crippen LogP contribution in [-0.4, -0.2) is 34.9 Å². The number of carboxylic acids is 1. The molecule has 7 heteroatoms. The lowest BCUT2D eigenvalue weighted by atomic mass is 9.99. The van der Waals surface area contributed by atoms with E-state index in [1.807, 2.05) is 38.1 Å². The molecule has 0 saturated carbocycles. The first-order valence-electron chi connectivity index (χ1n) is 11.0. The van der Waals surface area contributed by atoms with Gasteiger partial charge in [0, 0.05) is 17.6 Å². The summed E-state index contributed by atoms with van der Waals surface area (Å²) in [4.78, 5) is 11.5. The number of rotatable bonds is 10. The summed E-state index contributed by atoms with van der Waals surface area (Å²) in [6, 6.07) is 20.8. The summed E-state index contributed by atoms with van der Waals surface area (Å²) in [7, 11) is 0. The van der Waals surface area contributed by atoms with Crippen LogP contribution in [0.1, 0.15) is 48.4 Å². The number of carbonyl (C=O) groups is 1. The SMILES string of the molecule is CC(C)Oc1cc(-c2ccc(C[C@@H](C)NC[C@H](O)c3cccc(Cl)c3)cc2)ccc1C(=O)O.Cl. The second-order valence-corrected chi connectivity index (χ2v) is 8.90. The first-order valence-corrected chi connectivity index (χ1v) is 11.4. The van der Waals surface area contributed by atoms with Crippen molar-refractivity contribution in [2.45, 2.75) is 45.4 Å². The summed E-state index contributed by atoms with van der Waals surface area (Å²) >= 11 is 6.00. The molecule has 3 aromatic carbocycles. The second kappa shape index (κ2) is 12.8. The summed E-state index contributed by atoms with van der Waals surface area (Å²) in [6.45, 7) is 6.26. The Hall–Kier alpha value is -2.57. The maximum Gasteiger partial charge on any atom is 0.339 e. The van der Waals surface area contributed by atoms with Gasteiger partial charge in [0.15, 0.2) is 0 Å². The van der Waals surface area contributed by atoms with E-state index in [1.54, 1.807) is 30.3 Å². The topological polar surface area (TPSA) is 78.8 Å². The Kier molecular flexibility index (Phi) is 10.4. The van der Waals surface area contributed by atoms with Crippen LogP contribution < -0.4 is 10.1 Å². The molecule has 0 saturated heterocycles. The van der Waals surface area contributed by atoms with Crippen molar-refractivity contribution in [3.63, 3.8) is 0 Å². The zero-order valence-corrected chi connectivity index (χ0v) is 21.1. The largest absolute Gasteiger partial charge is 0.490 e. The molecule has 2 atom stereocenters. The van der Waals surface area contributed by atoms with Crippen molar-refractivity contribution in [1.82, 2.24) is 5.32 Å². The lowest BCUT2D eigenvalue weighted by molar-refractivity contribution is 0.0690. The summed E-state index contributed by atoms with van der Waals surface area (Å²) in [5, 5.41) is 23.8. The van der Waals surface area contributed by atoms with E-state index >= 15 is 0 Å². The number of hydrogen-bond donors (Lipinski definition) is 3. The predicted molar refractivity (Wildman–Crippen MR) is 139 cm³/mol. The maximum atomic E-state index is 11.5. The highest BCUT2D eigenvalue weighted by Crippen LogP contribution is 2.29. The van der Waals surface area contributed by atoms with Crippen LogP contribution in [0.15, 0.2) is 66.7 Å². The molecule has 0 aromatic heterocycles. The molecule has 3 N–H and O–H groups in total. The molecule has 0 bridgehead atoms. The van der Waals surface area contributed by atoms with Gasteiger partial charge in [-0.1, -0.05) is 54.1 Å². The standard InChI is InChI=1S/C27H30ClNO4.ClH/c1-17(2)33-26-15-21(11-12-24(26)27(31)32)20-9-7-19(8-10-20)13-18(3)29-16-25(30)22-5-4-6-23(28)14-22;/h4-12,14-15,17-18,25,29-30H,13,16H2,1-3H3,(H,31,32);1H/t18-,25+;/m1./s1. The van der Waals surface area contributed by atoms with Crippen LogP contribution in [0.25, 0.3) is 11.1 Å². The molecular weight excluding hydrogens is 473 g/mol. The van der Waals surface area contributed by atoms with E-state index in [-0.39, 0.29) is 30.1 Å². The van der Waals surface area contributed by atoms with Gasteiger partial charge in [0.05, 0.1) is 12.2 Å². The van der Waals surface area contributed by atoms with Gasteiger partial charge in [0.25, 0.3) is 0 Å². The van der Waals surface area contributed by atoms with E-state index < -0.39 is 12.1 Å². The minimum atomic E-state index is -1.01. The molecule has 0 amide bonds. The van der Waals surface area contributed by atoms with Gasteiger partial charge in [-0.2, -0.15) is 0 Å². The van der Waals surface area contributed by atoms with E-state index in [0.29, 0.717) is 17.3 Å². The third kappa shape index (κ3) is 7.74. The summed E-state index contributed by atoms with van der Waals surface area (Å²) < 4.78 is 5.71. The third-order valence-corrected chi connectivity index (χ3v) is 5.53. The zero-order chi connectivity index (χ0) is 24.0. The van der Waals surface area contributed by atoms with Gasteiger partial charge in [0.2, 0.25) is 0 Å². The molecule has 5 nitrogen and oxygen atoms in total. The average molecular weight is 504 g/mol. The van der Waals surface area contributed by atoms with Crippen molar-refractivity contribution in [3.8, 4) is 16.9 Å². The molecule has 0 aliphatic heterocycles. The normalized spacial score (nSPS) is 12.6.